The molecule has 1 aliphatic heterocycles. The largest absolute Gasteiger partial charge is 0.390 e. The Hall–Kier alpha value is -1.13. The molecule has 0 spiro atoms. The normalized spacial score (nSPS) is 26.5. The fourth-order valence-corrected chi connectivity index (χ4v) is 1.99. The maximum atomic E-state index is 9.83. The Labute approximate surface area is 89.1 Å². The van der Waals surface area contributed by atoms with Gasteiger partial charge < -0.3 is 15.6 Å². The molecule has 0 aromatic carbocycles. The molecule has 82 valence electrons. The van der Waals surface area contributed by atoms with Crippen LogP contribution in [0.15, 0.2) is 12.3 Å². The third-order valence-corrected chi connectivity index (χ3v) is 2.81. The summed E-state index contributed by atoms with van der Waals surface area (Å²) in [6.45, 7) is 3.04. The van der Waals surface area contributed by atoms with Crippen molar-refractivity contribution < 1.29 is 9.84 Å². The summed E-state index contributed by atoms with van der Waals surface area (Å²) < 4.78 is 5.19. The number of aliphatic hydroxyl groups excluding tert-OH is 1. The minimum absolute atomic E-state index is 0.0612. The molecule has 3 N–H and O–H groups in total. The highest BCUT2D eigenvalue weighted by Gasteiger charge is 2.27. The second-order valence-corrected chi connectivity index (χ2v) is 4.02. The van der Waals surface area contributed by atoms with Crippen molar-refractivity contribution in [1.82, 2.24) is 4.98 Å². The molecule has 1 aromatic heterocycles. The summed E-state index contributed by atoms with van der Waals surface area (Å²) in [5.41, 5.74) is 7.84. The summed E-state index contributed by atoms with van der Waals surface area (Å²) in [4.78, 5) is 4.11. The number of nitrogen functional groups attached to an aromatic ring is 1. The SMILES string of the molecule is Cc1cnc(N)c([C@@H]2CCOC[C@@H]2O)c1. The Balaban J connectivity index is 2.30. The zero-order chi connectivity index (χ0) is 10.8. The van der Waals surface area contributed by atoms with E-state index in [4.69, 9.17) is 10.5 Å². The second kappa shape index (κ2) is 4.16. The molecule has 15 heavy (non-hydrogen) atoms. The van der Waals surface area contributed by atoms with Gasteiger partial charge in [-0.2, -0.15) is 0 Å². The third-order valence-electron chi connectivity index (χ3n) is 2.81. The van der Waals surface area contributed by atoms with Crippen LogP contribution in [0.5, 0.6) is 0 Å². The van der Waals surface area contributed by atoms with Gasteiger partial charge >= 0.3 is 0 Å². The zero-order valence-electron chi connectivity index (χ0n) is 8.81. The molecular weight excluding hydrogens is 192 g/mol. The van der Waals surface area contributed by atoms with E-state index < -0.39 is 6.10 Å². The van der Waals surface area contributed by atoms with Crippen LogP contribution in [-0.2, 0) is 4.74 Å². The number of aromatic nitrogens is 1. The highest BCUT2D eigenvalue weighted by molar-refractivity contribution is 5.43. The molecule has 4 heteroatoms. The maximum absolute atomic E-state index is 9.83. The number of nitrogens with zero attached hydrogens (tertiary/aromatic N) is 1. The smallest absolute Gasteiger partial charge is 0.126 e. The summed E-state index contributed by atoms with van der Waals surface area (Å²) in [6, 6.07) is 2.00. The third kappa shape index (κ3) is 2.11. The number of aryl methyl sites for hydroxylation is 1. The van der Waals surface area contributed by atoms with E-state index >= 15 is 0 Å². The molecule has 0 unspecified atom stereocenters. The lowest BCUT2D eigenvalue weighted by Crippen LogP contribution is -2.31. The first-order chi connectivity index (χ1) is 7.18. The summed E-state index contributed by atoms with van der Waals surface area (Å²) in [6.07, 6.45) is 2.07. The van der Waals surface area contributed by atoms with Crippen molar-refractivity contribution in [2.45, 2.75) is 25.4 Å². The Morgan fingerprint density at radius 2 is 2.40 bits per heavy atom. The van der Waals surface area contributed by atoms with E-state index in [1.165, 1.54) is 0 Å². The first kappa shape index (κ1) is 10.4. The summed E-state index contributed by atoms with van der Waals surface area (Å²) in [7, 11) is 0. The predicted octanol–water partition coefficient (Wildman–Crippen LogP) is 0.837. The van der Waals surface area contributed by atoms with Gasteiger partial charge in [0.2, 0.25) is 0 Å². The minimum Gasteiger partial charge on any atom is -0.390 e. The molecule has 0 aliphatic carbocycles. The molecule has 1 aliphatic rings. The minimum atomic E-state index is -0.468. The van der Waals surface area contributed by atoms with E-state index in [9.17, 15) is 5.11 Å². The molecular formula is C11H16N2O2. The van der Waals surface area contributed by atoms with Crippen LogP contribution in [0.25, 0.3) is 0 Å². The van der Waals surface area contributed by atoms with Crippen molar-refractivity contribution in [2.24, 2.45) is 0 Å². The van der Waals surface area contributed by atoms with Crippen molar-refractivity contribution in [2.75, 3.05) is 18.9 Å². The van der Waals surface area contributed by atoms with Crippen molar-refractivity contribution in [3.05, 3.63) is 23.4 Å². The molecule has 1 fully saturated rings. The highest BCUT2D eigenvalue weighted by Crippen LogP contribution is 2.30. The average Bonchev–Trinajstić information content (AvgIpc) is 2.23. The van der Waals surface area contributed by atoms with Crippen LogP contribution in [0.3, 0.4) is 0 Å². The number of ether oxygens (including phenoxy) is 1. The molecule has 0 radical (unpaired) electrons. The topological polar surface area (TPSA) is 68.4 Å². The lowest BCUT2D eigenvalue weighted by atomic mass is 9.89. The number of rotatable bonds is 1. The van der Waals surface area contributed by atoms with Crippen molar-refractivity contribution >= 4 is 5.82 Å². The van der Waals surface area contributed by atoms with Crippen LogP contribution in [0.2, 0.25) is 0 Å². The van der Waals surface area contributed by atoms with Crippen LogP contribution < -0.4 is 5.73 Å². The van der Waals surface area contributed by atoms with E-state index in [0.717, 1.165) is 17.5 Å². The van der Waals surface area contributed by atoms with Gasteiger partial charge in [-0.3, -0.25) is 0 Å². The molecule has 1 aromatic rings. The molecule has 2 rings (SSSR count). The van der Waals surface area contributed by atoms with E-state index in [2.05, 4.69) is 4.98 Å². The van der Waals surface area contributed by atoms with Crippen LogP contribution in [-0.4, -0.2) is 29.4 Å². The lowest BCUT2D eigenvalue weighted by molar-refractivity contribution is -0.0204. The van der Waals surface area contributed by atoms with Crippen molar-refractivity contribution in [3.8, 4) is 0 Å². The van der Waals surface area contributed by atoms with Gasteiger partial charge in [-0.05, 0) is 18.9 Å². The number of aliphatic hydroxyl groups is 1. The Morgan fingerprint density at radius 3 is 3.13 bits per heavy atom. The summed E-state index contributed by atoms with van der Waals surface area (Å²) >= 11 is 0. The Morgan fingerprint density at radius 1 is 1.60 bits per heavy atom. The molecule has 2 atom stereocenters. The molecule has 2 heterocycles. The fourth-order valence-electron chi connectivity index (χ4n) is 1.99. The average molecular weight is 208 g/mol. The van der Waals surface area contributed by atoms with Crippen LogP contribution in [0, 0.1) is 6.92 Å². The van der Waals surface area contributed by atoms with Crippen molar-refractivity contribution in [1.29, 1.82) is 0 Å². The fraction of sp³-hybridized carbons (Fsp3) is 0.545. The zero-order valence-corrected chi connectivity index (χ0v) is 8.81. The second-order valence-electron chi connectivity index (χ2n) is 4.02. The van der Waals surface area contributed by atoms with Gasteiger partial charge in [0, 0.05) is 24.3 Å². The van der Waals surface area contributed by atoms with Gasteiger partial charge in [-0.15, -0.1) is 0 Å². The quantitative estimate of drug-likeness (QED) is 0.717. The molecule has 4 nitrogen and oxygen atoms in total. The molecule has 1 saturated heterocycles. The lowest BCUT2D eigenvalue weighted by Gasteiger charge is -2.28. The van der Waals surface area contributed by atoms with Gasteiger partial charge in [-0.1, -0.05) is 6.07 Å². The maximum Gasteiger partial charge on any atom is 0.126 e. The predicted molar refractivity (Wildman–Crippen MR) is 57.6 cm³/mol. The van der Waals surface area contributed by atoms with Gasteiger partial charge in [0.1, 0.15) is 5.82 Å². The Bertz CT molecular complexity index is 354. The van der Waals surface area contributed by atoms with Crippen LogP contribution in [0.1, 0.15) is 23.5 Å². The molecule has 0 bridgehead atoms. The van der Waals surface area contributed by atoms with Gasteiger partial charge in [0.25, 0.3) is 0 Å². The monoisotopic (exact) mass is 208 g/mol. The van der Waals surface area contributed by atoms with Gasteiger partial charge in [0.15, 0.2) is 0 Å². The van der Waals surface area contributed by atoms with Gasteiger partial charge in [0.05, 0.1) is 12.7 Å². The number of hydrogen-bond acceptors (Lipinski definition) is 4. The van der Waals surface area contributed by atoms with Crippen LogP contribution in [0.4, 0.5) is 5.82 Å². The van der Waals surface area contributed by atoms with Crippen molar-refractivity contribution in [3.63, 3.8) is 0 Å². The van der Waals surface area contributed by atoms with Gasteiger partial charge in [-0.25, -0.2) is 4.98 Å². The number of hydrogen-bond donors (Lipinski definition) is 2. The standard InChI is InChI=1S/C11H16N2O2/c1-7-4-9(11(12)13-5-7)8-2-3-15-6-10(8)14/h4-5,8,10,14H,2-3,6H2,1H3,(H2,12,13)/t8-,10-/m0/s1. The first-order valence-corrected chi connectivity index (χ1v) is 5.16. The highest BCUT2D eigenvalue weighted by atomic mass is 16.5. The number of nitrogens with two attached hydrogens (primary N) is 1. The van der Waals surface area contributed by atoms with E-state index in [-0.39, 0.29) is 5.92 Å². The summed E-state index contributed by atoms with van der Waals surface area (Å²) in [5, 5.41) is 9.83. The first-order valence-electron chi connectivity index (χ1n) is 5.16. The molecule has 0 saturated carbocycles. The van der Waals surface area contributed by atoms with Crippen LogP contribution >= 0.6 is 0 Å². The van der Waals surface area contributed by atoms with E-state index in [0.29, 0.717) is 19.0 Å². The van der Waals surface area contributed by atoms with E-state index in [1.807, 2.05) is 13.0 Å². The number of anilines is 1. The molecule has 0 amide bonds. The Kier molecular flexibility index (Phi) is 2.88. The van der Waals surface area contributed by atoms with E-state index in [1.54, 1.807) is 6.20 Å². The number of pyridine rings is 1. The summed E-state index contributed by atoms with van der Waals surface area (Å²) in [5.74, 6) is 0.581.